The second-order valence-corrected chi connectivity index (χ2v) is 8.73. The van der Waals surface area contributed by atoms with E-state index in [1.54, 1.807) is 18.3 Å². The Kier molecular flexibility index (Phi) is 5.47. The standard InChI is InChI=1S/C28H25FN4/c1-19-14-21(9-12-30-19)26-7-6-20(17-32-26)18-33-27-25-8-11-28(2,16-22(25)10-13-31-27)23-4-3-5-24(29)15-23/h3-10,12-17H,11,18H2,1-2H3,(H,31,33). The largest absolute Gasteiger partial charge is 0.365 e. The number of benzene rings is 1. The molecule has 0 fully saturated rings. The SMILES string of the molecule is Cc1cc(-c2ccc(CNc3nccc4c3=CCC(C)(c3cccc(F)c3)C=4)cn2)ccn1. The van der Waals surface area contributed by atoms with Crippen LogP contribution in [0.1, 0.15) is 30.2 Å². The predicted molar refractivity (Wildman–Crippen MR) is 130 cm³/mol. The summed E-state index contributed by atoms with van der Waals surface area (Å²) in [7, 11) is 0. The predicted octanol–water partition coefficient (Wildman–Crippen LogP) is 4.52. The molecule has 33 heavy (non-hydrogen) atoms. The minimum atomic E-state index is -0.251. The number of aromatic nitrogens is 3. The van der Waals surface area contributed by atoms with Crippen LogP contribution in [0.4, 0.5) is 10.2 Å². The van der Waals surface area contributed by atoms with Crippen LogP contribution in [0.15, 0.2) is 73.2 Å². The summed E-state index contributed by atoms with van der Waals surface area (Å²) in [6.45, 7) is 4.75. The lowest BCUT2D eigenvalue weighted by Crippen LogP contribution is -2.37. The van der Waals surface area contributed by atoms with E-state index in [9.17, 15) is 4.39 Å². The number of pyridine rings is 3. The number of fused-ring (bicyclic) bond motifs is 1. The third-order valence-corrected chi connectivity index (χ3v) is 6.19. The molecule has 0 radical (unpaired) electrons. The number of halogens is 1. The molecule has 1 unspecified atom stereocenters. The van der Waals surface area contributed by atoms with E-state index in [0.717, 1.165) is 50.8 Å². The van der Waals surface area contributed by atoms with Gasteiger partial charge in [0.2, 0.25) is 0 Å². The van der Waals surface area contributed by atoms with Crippen molar-refractivity contribution in [2.24, 2.45) is 0 Å². The molecule has 0 saturated heterocycles. The van der Waals surface area contributed by atoms with Gasteiger partial charge < -0.3 is 5.32 Å². The molecule has 1 atom stereocenters. The molecule has 164 valence electrons. The van der Waals surface area contributed by atoms with Gasteiger partial charge in [-0.25, -0.2) is 9.37 Å². The molecule has 1 aliphatic carbocycles. The van der Waals surface area contributed by atoms with E-state index in [2.05, 4.69) is 45.4 Å². The van der Waals surface area contributed by atoms with Crippen molar-refractivity contribution in [2.75, 3.05) is 5.32 Å². The molecule has 5 rings (SSSR count). The number of aryl methyl sites for hydroxylation is 1. The molecule has 4 aromatic rings. The molecule has 0 aliphatic heterocycles. The van der Waals surface area contributed by atoms with Gasteiger partial charge in [-0.05, 0) is 66.1 Å². The lowest BCUT2D eigenvalue weighted by atomic mass is 9.76. The van der Waals surface area contributed by atoms with Gasteiger partial charge in [0.05, 0.1) is 5.69 Å². The number of nitrogens with one attached hydrogen (secondary N) is 1. The maximum Gasteiger partial charge on any atom is 0.133 e. The summed E-state index contributed by atoms with van der Waals surface area (Å²) >= 11 is 0. The molecular formula is C28H25FN4. The minimum Gasteiger partial charge on any atom is -0.365 e. The van der Waals surface area contributed by atoms with E-state index in [4.69, 9.17) is 0 Å². The van der Waals surface area contributed by atoms with Crippen LogP contribution in [0.2, 0.25) is 0 Å². The van der Waals surface area contributed by atoms with Crippen molar-refractivity contribution in [2.45, 2.75) is 32.2 Å². The van der Waals surface area contributed by atoms with Crippen molar-refractivity contribution in [3.8, 4) is 11.3 Å². The van der Waals surface area contributed by atoms with Crippen LogP contribution in [0.3, 0.4) is 0 Å². The molecule has 0 bridgehead atoms. The molecule has 0 saturated carbocycles. The fourth-order valence-corrected chi connectivity index (χ4v) is 4.32. The zero-order chi connectivity index (χ0) is 22.8. The van der Waals surface area contributed by atoms with E-state index < -0.39 is 0 Å². The van der Waals surface area contributed by atoms with Crippen LogP contribution in [0.5, 0.6) is 0 Å². The van der Waals surface area contributed by atoms with E-state index >= 15 is 0 Å². The van der Waals surface area contributed by atoms with Gasteiger partial charge >= 0.3 is 0 Å². The van der Waals surface area contributed by atoms with Crippen LogP contribution in [0.25, 0.3) is 23.4 Å². The average Bonchev–Trinajstić information content (AvgIpc) is 2.83. The van der Waals surface area contributed by atoms with Crippen molar-refractivity contribution < 1.29 is 4.39 Å². The number of rotatable bonds is 5. The third kappa shape index (κ3) is 4.40. The quantitative estimate of drug-likeness (QED) is 0.500. The van der Waals surface area contributed by atoms with Gasteiger partial charge in [-0.2, -0.15) is 0 Å². The summed E-state index contributed by atoms with van der Waals surface area (Å²) in [6.07, 6.45) is 10.7. The first-order chi connectivity index (χ1) is 16.0. The first-order valence-corrected chi connectivity index (χ1v) is 11.1. The van der Waals surface area contributed by atoms with Crippen molar-refractivity contribution >= 4 is 18.0 Å². The number of anilines is 1. The number of hydrogen-bond donors (Lipinski definition) is 1. The van der Waals surface area contributed by atoms with Gasteiger partial charge in [0, 0.05) is 47.0 Å². The van der Waals surface area contributed by atoms with E-state index in [0.29, 0.717) is 6.54 Å². The lowest BCUT2D eigenvalue weighted by molar-refractivity contribution is 0.606. The summed E-state index contributed by atoms with van der Waals surface area (Å²) < 4.78 is 13.8. The molecular weight excluding hydrogens is 411 g/mol. The van der Waals surface area contributed by atoms with Crippen molar-refractivity contribution in [1.29, 1.82) is 0 Å². The first-order valence-electron chi connectivity index (χ1n) is 11.1. The van der Waals surface area contributed by atoms with Crippen LogP contribution in [0, 0.1) is 12.7 Å². The zero-order valence-electron chi connectivity index (χ0n) is 18.7. The summed E-state index contributed by atoms with van der Waals surface area (Å²) in [6, 6.07) is 17.0. The van der Waals surface area contributed by atoms with Gasteiger partial charge in [-0.1, -0.05) is 37.3 Å². The Balaban J connectivity index is 1.36. The zero-order valence-corrected chi connectivity index (χ0v) is 18.7. The average molecular weight is 437 g/mol. The lowest BCUT2D eigenvalue weighted by Gasteiger charge is -2.28. The van der Waals surface area contributed by atoms with E-state index in [1.165, 1.54) is 6.07 Å². The van der Waals surface area contributed by atoms with Crippen molar-refractivity contribution in [3.05, 3.63) is 106 Å². The Morgan fingerprint density at radius 1 is 1.00 bits per heavy atom. The highest BCUT2D eigenvalue weighted by Gasteiger charge is 2.25. The number of hydrogen-bond acceptors (Lipinski definition) is 4. The Morgan fingerprint density at radius 2 is 1.88 bits per heavy atom. The molecule has 4 nitrogen and oxygen atoms in total. The fourth-order valence-electron chi connectivity index (χ4n) is 4.32. The monoisotopic (exact) mass is 436 g/mol. The molecule has 0 spiro atoms. The molecule has 1 N–H and O–H groups in total. The van der Waals surface area contributed by atoms with Crippen LogP contribution in [-0.4, -0.2) is 15.0 Å². The first kappa shape index (κ1) is 21.0. The second-order valence-electron chi connectivity index (χ2n) is 8.73. The van der Waals surface area contributed by atoms with Crippen LogP contribution >= 0.6 is 0 Å². The maximum absolute atomic E-state index is 13.8. The van der Waals surface area contributed by atoms with Crippen molar-refractivity contribution in [1.82, 2.24) is 15.0 Å². The van der Waals surface area contributed by atoms with Crippen LogP contribution in [-0.2, 0) is 12.0 Å². The summed E-state index contributed by atoms with van der Waals surface area (Å²) in [5.41, 5.74) is 4.77. The third-order valence-electron chi connectivity index (χ3n) is 6.19. The summed E-state index contributed by atoms with van der Waals surface area (Å²) in [4.78, 5) is 13.4. The van der Waals surface area contributed by atoms with Gasteiger partial charge in [-0.3, -0.25) is 9.97 Å². The highest BCUT2D eigenvalue weighted by Crippen LogP contribution is 2.31. The highest BCUT2D eigenvalue weighted by atomic mass is 19.1. The van der Waals surface area contributed by atoms with Gasteiger partial charge in [0.15, 0.2) is 0 Å². The van der Waals surface area contributed by atoms with Gasteiger partial charge in [0.25, 0.3) is 0 Å². The Bertz CT molecular complexity index is 1430. The van der Waals surface area contributed by atoms with Gasteiger partial charge in [0.1, 0.15) is 11.6 Å². The maximum atomic E-state index is 13.8. The Labute approximate surface area is 192 Å². The molecule has 3 aromatic heterocycles. The normalized spacial score (nSPS) is 16.9. The minimum absolute atomic E-state index is 0.205. The molecule has 5 heteroatoms. The van der Waals surface area contributed by atoms with Crippen LogP contribution < -0.4 is 15.8 Å². The number of nitrogens with zero attached hydrogens (tertiary/aromatic N) is 3. The molecule has 3 heterocycles. The smallest absolute Gasteiger partial charge is 0.133 e. The fraction of sp³-hybridized carbons (Fsp3) is 0.179. The van der Waals surface area contributed by atoms with E-state index in [1.807, 2.05) is 49.6 Å². The van der Waals surface area contributed by atoms with Gasteiger partial charge in [-0.15, -0.1) is 0 Å². The van der Waals surface area contributed by atoms with Crippen molar-refractivity contribution in [3.63, 3.8) is 0 Å². The van der Waals surface area contributed by atoms with E-state index in [-0.39, 0.29) is 11.2 Å². The summed E-state index contributed by atoms with van der Waals surface area (Å²) in [5.74, 6) is 0.641. The highest BCUT2D eigenvalue weighted by molar-refractivity contribution is 5.60. The Morgan fingerprint density at radius 3 is 2.67 bits per heavy atom. The molecule has 0 amide bonds. The summed E-state index contributed by atoms with van der Waals surface area (Å²) in [5, 5.41) is 5.65. The Hall–Kier alpha value is -3.86. The topological polar surface area (TPSA) is 50.7 Å². The molecule has 1 aliphatic rings. The second kappa shape index (κ2) is 8.58. The molecule has 1 aromatic carbocycles.